The maximum absolute atomic E-state index is 12.3. The molecule has 0 aliphatic carbocycles. The summed E-state index contributed by atoms with van der Waals surface area (Å²) < 4.78 is 16.9. The van der Waals surface area contributed by atoms with E-state index in [0.717, 1.165) is 5.56 Å². The highest BCUT2D eigenvalue weighted by Crippen LogP contribution is 2.37. The zero-order chi connectivity index (χ0) is 26.8. The molecule has 1 aromatic carbocycles. The van der Waals surface area contributed by atoms with Crippen LogP contribution in [-0.2, 0) is 25.6 Å². The third-order valence-corrected chi connectivity index (χ3v) is 5.93. The molecule has 2 amide bonds. The van der Waals surface area contributed by atoms with Gasteiger partial charge in [0.1, 0.15) is 29.3 Å². The third-order valence-electron chi connectivity index (χ3n) is 5.93. The summed E-state index contributed by atoms with van der Waals surface area (Å²) in [7, 11) is 0. The van der Waals surface area contributed by atoms with E-state index in [1.165, 1.54) is 0 Å². The lowest BCUT2D eigenvalue weighted by molar-refractivity contribution is -0.155. The molecule has 0 bridgehead atoms. The van der Waals surface area contributed by atoms with Crippen LogP contribution in [0, 0.1) is 0 Å². The molecule has 200 valence electrons. The Morgan fingerprint density at radius 3 is 2.39 bits per heavy atom. The largest absolute Gasteiger partial charge is 0.489 e. The first-order chi connectivity index (χ1) is 16.6. The number of likely N-dealkylation sites (tertiary alicyclic amines) is 1. The highest BCUT2D eigenvalue weighted by molar-refractivity contribution is 5.81. The summed E-state index contributed by atoms with van der Waals surface area (Å²) in [6, 6.07) is 4.53. The summed E-state index contributed by atoms with van der Waals surface area (Å²) in [5, 5.41) is 10.9. The molecule has 10 heteroatoms. The highest BCUT2D eigenvalue weighted by Gasteiger charge is 2.37. The summed E-state index contributed by atoms with van der Waals surface area (Å²) in [6.45, 7) is 12.1. The van der Waals surface area contributed by atoms with E-state index in [1.807, 2.05) is 26.8 Å². The topological polar surface area (TPSA) is 132 Å². The zero-order valence-electron chi connectivity index (χ0n) is 22.1. The molecule has 2 aliphatic rings. The van der Waals surface area contributed by atoms with Gasteiger partial charge in [-0.15, -0.1) is 0 Å². The Bertz CT molecular complexity index is 983. The second kappa shape index (κ2) is 10.6. The average molecular weight is 506 g/mol. The van der Waals surface area contributed by atoms with Crippen molar-refractivity contribution in [1.82, 2.24) is 9.80 Å². The molecule has 36 heavy (non-hydrogen) atoms. The van der Waals surface area contributed by atoms with Crippen LogP contribution in [0.15, 0.2) is 18.2 Å². The van der Waals surface area contributed by atoms with Gasteiger partial charge >= 0.3 is 12.1 Å². The summed E-state index contributed by atoms with van der Waals surface area (Å²) in [6.07, 6.45) is -0.732. The highest BCUT2D eigenvalue weighted by atomic mass is 16.6. The number of primary amides is 1. The van der Waals surface area contributed by atoms with Crippen molar-refractivity contribution in [3.05, 3.63) is 29.3 Å². The van der Waals surface area contributed by atoms with Crippen LogP contribution in [0.25, 0.3) is 0 Å². The van der Waals surface area contributed by atoms with Crippen LogP contribution in [0.1, 0.15) is 78.2 Å². The van der Waals surface area contributed by atoms with Crippen LogP contribution in [0.2, 0.25) is 0 Å². The maximum atomic E-state index is 12.3. The van der Waals surface area contributed by atoms with Gasteiger partial charge in [0.05, 0.1) is 12.6 Å². The third kappa shape index (κ3) is 7.33. The van der Waals surface area contributed by atoms with Gasteiger partial charge in [-0.25, -0.2) is 4.79 Å². The van der Waals surface area contributed by atoms with E-state index in [1.54, 1.807) is 42.7 Å². The molecular formula is C26H39N3O7. The molecule has 3 atom stereocenters. The van der Waals surface area contributed by atoms with E-state index >= 15 is 0 Å². The number of aliphatic hydroxyl groups excluding tert-OH is 1. The molecule has 0 saturated carbocycles. The number of carbonyl (C=O) groups excluding carboxylic acids is 3. The molecular weight excluding hydrogens is 466 g/mol. The Labute approximate surface area is 212 Å². The number of hydrogen-bond donors (Lipinski definition) is 2. The number of hydrogen-bond acceptors (Lipinski definition) is 8. The molecule has 2 unspecified atom stereocenters. The van der Waals surface area contributed by atoms with Crippen LogP contribution in [0.5, 0.6) is 5.75 Å². The maximum Gasteiger partial charge on any atom is 0.410 e. The zero-order valence-corrected chi connectivity index (χ0v) is 22.1. The Kier molecular flexibility index (Phi) is 8.20. The fourth-order valence-corrected chi connectivity index (χ4v) is 4.41. The molecule has 1 fully saturated rings. The molecule has 0 aromatic heterocycles. The smallest absolute Gasteiger partial charge is 0.410 e. The first-order valence-corrected chi connectivity index (χ1v) is 12.4. The van der Waals surface area contributed by atoms with Crippen LogP contribution in [0.3, 0.4) is 0 Å². The minimum Gasteiger partial charge on any atom is -0.489 e. The lowest BCUT2D eigenvalue weighted by Crippen LogP contribution is -2.44. The Morgan fingerprint density at radius 2 is 1.78 bits per heavy atom. The van der Waals surface area contributed by atoms with Gasteiger partial charge in [0.15, 0.2) is 0 Å². The van der Waals surface area contributed by atoms with Gasteiger partial charge < -0.3 is 30.0 Å². The van der Waals surface area contributed by atoms with Crippen molar-refractivity contribution < 1.29 is 33.7 Å². The monoisotopic (exact) mass is 505 g/mol. The number of fused-ring (bicyclic) bond motifs is 1. The Balaban J connectivity index is 1.61. The minimum absolute atomic E-state index is 0.00856. The van der Waals surface area contributed by atoms with Crippen molar-refractivity contribution in [3.63, 3.8) is 0 Å². The first kappa shape index (κ1) is 27.7. The minimum atomic E-state index is -1.03. The van der Waals surface area contributed by atoms with E-state index in [2.05, 4.69) is 0 Å². The Hall–Kier alpha value is -2.85. The average Bonchev–Trinajstić information content (AvgIpc) is 3.30. The van der Waals surface area contributed by atoms with E-state index in [4.69, 9.17) is 19.9 Å². The molecule has 3 rings (SSSR count). The lowest BCUT2D eigenvalue weighted by atomic mass is 10.1. The number of aliphatic hydroxyl groups is 1. The summed E-state index contributed by atoms with van der Waals surface area (Å²) in [4.78, 5) is 39.9. The first-order valence-electron chi connectivity index (χ1n) is 12.4. The predicted octanol–water partition coefficient (Wildman–Crippen LogP) is 2.86. The lowest BCUT2D eigenvalue weighted by Gasteiger charge is -2.28. The molecule has 2 aliphatic heterocycles. The molecule has 2 heterocycles. The van der Waals surface area contributed by atoms with Gasteiger partial charge in [-0.05, 0) is 65.7 Å². The normalized spacial score (nSPS) is 21.1. The standard InChI is InChI=1S/C26H39N3O7/c1-25(2,3)35-21(30)10-9-20(22(27)31)29-14-16-13-17(7-8-19(16)23(29)32)34-18-11-12-28(15-18)24(33)36-26(4,5)6/h7-8,13,18,20,23,32H,9-12,14-15H2,1-6H3,(H2,27,31)/t18-,20?,23?/m0/s1. The van der Waals surface area contributed by atoms with Crippen molar-refractivity contribution >= 4 is 18.0 Å². The number of esters is 1. The number of nitrogens with two attached hydrogens (primary N) is 1. The molecule has 3 N–H and O–H groups in total. The quantitative estimate of drug-likeness (QED) is 0.541. The van der Waals surface area contributed by atoms with Gasteiger partial charge in [-0.3, -0.25) is 14.5 Å². The summed E-state index contributed by atoms with van der Waals surface area (Å²) in [5.74, 6) is -0.425. The van der Waals surface area contributed by atoms with Crippen LogP contribution < -0.4 is 10.5 Å². The SMILES string of the molecule is CC(C)(C)OC(=O)CCC(C(N)=O)N1Cc2cc(O[C@H]3CCN(C(=O)OC(C)(C)C)C3)ccc2C1O. The van der Waals surface area contributed by atoms with Gasteiger partial charge in [-0.2, -0.15) is 0 Å². The van der Waals surface area contributed by atoms with Crippen molar-refractivity contribution in [3.8, 4) is 5.75 Å². The van der Waals surface area contributed by atoms with Crippen molar-refractivity contribution in [2.45, 2.75) is 96.9 Å². The summed E-state index contributed by atoms with van der Waals surface area (Å²) in [5.41, 5.74) is 5.92. The molecule has 0 spiro atoms. The van der Waals surface area contributed by atoms with E-state index < -0.39 is 35.3 Å². The van der Waals surface area contributed by atoms with E-state index in [9.17, 15) is 19.5 Å². The van der Waals surface area contributed by atoms with Crippen LogP contribution in [-0.4, -0.2) is 69.3 Å². The number of benzene rings is 1. The van der Waals surface area contributed by atoms with E-state index in [0.29, 0.717) is 30.8 Å². The Morgan fingerprint density at radius 1 is 1.11 bits per heavy atom. The second-order valence-corrected chi connectivity index (χ2v) is 11.4. The molecule has 1 saturated heterocycles. The van der Waals surface area contributed by atoms with E-state index in [-0.39, 0.29) is 31.6 Å². The van der Waals surface area contributed by atoms with Crippen molar-refractivity contribution in [2.75, 3.05) is 13.1 Å². The van der Waals surface area contributed by atoms with Gasteiger partial charge in [-0.1, -0.05) is 6.07 Å². The van der Waals surface area contributed by atoms with Gasteiger partial charge in [0.2, 0.25) is 5.91 Å². The second-order valence-electron chi connectivity index (χ2n) is 11.4. The molecule has 10 nitrogen and oxygen atoms in total. The number of amides is 2. The summed E-state index contributed by atoms with van der Waals surface area (Å²) >= 11 is 0. The van der Waals surface area contributed by atoms with Crippen LogP contribution >= 0.6 is 0 Å². The predicted molar refractivity (Wildman–Crippen MR) is 132 cm³/mol. The van der Waals surface area contributed by atoms with Gasteiger partial charge in [0.25, 0.3) is 0 Å². The van der Waals surface area contributed by atoms with Crippen molar-refractivity contribution in [2.24, 2.45) is 5.73 Å². The molecule has 0 radical (unpaired) electrons. The van der Waals surface area contributed by atoms with Gasteiger partial charge in [0, 0.05) is 31.5 Å². The number of nitrogens with zero attached hydrogens (tertiary/aromatic N) is 2. The van der Waals surface area contributed by atoms with Crippen LogP contribution in [0.4, 0.5) is 4.79 Å². The number of ether oxygens (including phenoxy) is 3. The molecule has 1 aromatic rings. The number of rotatable bonds is 7. The van der Waals surface area contributed by atoms with Crippen molar-refractivity contribution in [1.29, 1.82) is 0 Å². The fourth-order valence-electron chi connectivity index (χ4n) is 4.41. The number of carbonyl (C=O) groups is 3. The fraction of sp³-hybridized carbons (Fsp3) is 0.654.